The van der Waals surface area contributed by atoms with E-state index in [1.54, 1.807) is 0 Å². The number of halogens is 3. The van der Waals surface area contributed by atoms with Gasteiger partial charge in [-0.05, 0) is 19.8 Å². The van der Waals surface area contributed by atoms with Crippen LogP contribution in [0.25, 0.3) is 0 Å². The average Bonchev–Trinajstić information content (AvgIpc) is 1.56. The third kappa shape index (κ3) is 5.07. The molecular weight excluding hydrogens is 157 g/mol. The van der Waals surface area contributed by atoms with Gasteiger partial charge in [-0.1, -0.05) is 6.92 Å². The monoisotopic (exact) mass is 170 g/mol. The molecule has 1 N–H and O–H groups in total. The highest BCUT2D eigenvalue weighted by Crippen LogP contribution is 2.30. The van der Waals surface area contributed by atoms with Crippen molar-refractivity contribution in [3.63, 3.8) is 0 Å². The number of hydrogen-bond acceptors (Lipinski definition) is 1. The van der Waals surface area contributed by atoms with Crippen LogP contribution in [-0.4, -0.2) is 16.9 Å². The van der Waals surface area contributed by atoms with Crippen LogP contribution < -0.4 is 0 Å². The van der Waals surface area contributed by atoms with Gasteiger partial charge in [-0.3, -0.25) is 0 Å². The van der Waals surface area contributed by atoms with Crippen LogP contribution in [0.1, 0.15) is 27.2 Å². The van der Waals surface area contributed by atoms with Crippen LogP contribution in [0.4, 0.5) is 13.2 Å². The first-order chi connectivity index (χ1) is 4.63. The lowest BCUT2D eigenvalue weighted by atomic mass is 9.90. The van der Waals surface area contributed by atoms with Crippen LogP contribution >= 0.6 is 0 Å². The second-order valence-corrected chi connectivity index (χ2v) is 3.37. The van der Waals surface area contributed by atoms with Crippen LogP contribution in [0.2, 0.25) is 0 Å². The molecule has 11 heavy (non-hydrogen) atoms. The van der Waals surface area contributed by atoms with Crippen molar-refractivity contribution in [2.24, 2.45) is 5.92 Å². The Kier molecular flexibility index (Phi) is 2.94. The average molecular weight is 170 g/mol. The topological polar surface area (TPSA) is 20.2 Å². The predicted molar refractivity (Wildman–Crippen MR) is 36.1 cm³/mol. The van der Waals surface area contributed by atoms with E-state index in [0.717, 1.165) is 0 Å². The zero-order valence-corrected chi connectivity index (χ0v) is 6.87. The van der Waals surface area contributed by atoms with Crippen molar-refractivity contribution in [2.45, 2.75) is 39.0 Å². The number of alkyl halides is 3. The second kappa shape index (κ2) is 3.01. The van der Waals surface area contributed by atoms with Gasteiger partial charge in [0.05, 0.1) is 5.60 Å². The van der Waals surface area contributed by atoms with Gasteiger partial charge in [0.25, 0.3) is 0 Å². The number of rotatable bonds is 2. The maximum Gasteiger partial charge on any atom is 0.389 e. The van der Waals surface area contributed by atoms with Crippen molar-refractivity contribution in [3.8, 4) is 0 Å². The summed E-state index contributed by atoms with van der Waals surface area (Å²) in [5.74, 6) is -0.762. The highest BCUT2D eigenvalue weighted by atomic mass is 19.4. The highest BCUT2D eigenvalue weighted by Gasteiger charge is 2.35. The molecule has 0 aromatic rings. The minimum absolute atomic E-state index is 0.762. The Morgan fingerprint density at radius 2 is 1.64 bits per heavy atom. The van der Waals surface area contributed by atoms with E-state index in [1.165, 1.54) is 20.8 Å². The fraction of sp³-hybridized carbons (Fsp3) is 1.00. The summed E-state index contributed by atoms with van der Waals surface area (Å²) in [6.45, 7) is 4.14. The standard InChI is InChI=1S/C7H13F3O/c1-5(6(2,3)11)4-7(8,9)10/h5,11H,4H2,1-3H3. The van der Waals surface area contributed by atoms with Gasteiger partial charge in [0, 0.05) is 6.42 Å². The van der Waals surface area contributed by atoms with E-state index in [4.69, 9.17) is 5.11 Å². The number of hydrogen-bond donors (Lipinski definition) is 1. The summed E-state index contributed by atoms with van der Waals surface area (Å²) in [5.41, 5.74) is -1.25. The van der Waals surface area contributed by atoms with Crippen molar-refractivity contribution in [1.29, 1.82) is 0 Å². The van der Waals surface area contributed by atoms with Gasteiger partial charge in [0.1, 0.15) is 0 Å². The molecule has 0 aliphatic carbocycles. The van der Waals surface area contributed by atoms with Crippen molar-refractivity contribution in [1.82, 2.24) is 0 Å². The van der Waals surface area contributed by atoms with Crippen LogP contribution in [0.5, 0.6) is 0 Å². The van der Waals surface area contributed by atoms with E-state index in [1.807, 2.05) is 0 Å². The Morgan fingerprint density at radius 1 is 1.27 bits per heavy atom. The summed E-state index contributed by atoms with van der Waals surface area (Å²) in [6.07, 6.45) is -5.12. The van der Waals surface area contributed by atoms with Crippen LogP contribution in [0, 0.1) is 5.92 Å². The minimum atomic E-state index is -4.18. The fourth-order valence-electron chi connectivity index (χ4n) is 0.597. The molecule has 1 nitrogen and oxygen atoms in total. The molecule has 0 fully saturated rings. The maximum absolute atomic E-state index is 11.7. The quantitative estimate of drug-likeness (QED) is 0.674. The summed E-state index contributed by atoms with van der Waals surface area (Å²) in [7, 11) is 0. The Balaban J connectivity index is 3.99. The lowest BCUT2D eigenvalue weighted by Crippen LogP contribution is -2.32. The van der Waals surface area contributed by atoms with Gasteiger partial charge in [-0.15, -0.1) is 0 Å². The van der Waals surface area contributed by atoms with Crippen molar-refractivity contribution >= 4 is 0 Å². The molecular formula is C7H13F3O. The summed E-state index contributed by atoms with van der Waals surface area (Å²) >= 11 is 0. The Hall–Kier alpha value is -0.250. The second-order valence-electron chi connectivity index (χ2n) is 3.37. The Bertz CT molecular complexity index is 123. The zero-order valence-electron chi connectivity index (χ0n) is 6.87. The molecule has 68 valence electrons. The van der Waals surface area contributed by atoms with Gasteiger partial charge < -0.3 is 5.11 Å². The van der Waals surface area contributed by atoms with E-state index >= 15 is 0 Å². The van der Waals surface area contributed by atoms with Gasteiger partial charge in [0.15, 0.2) is 0 Å². The molecule has 0 radical (unpaired) electrons. The molecule has 0 aliphatic rings. The molecule has 1 unspecified atom stereocenters. The molecule has 0 rings (SSSR count). The molecule has 0 bridgehead atoms. The molecule has 0 saturated heterocycles. The molecule has 0 heterocycles. The van der Waals surface area contributed by atoms with Crippen molar-refractivity contribution < 1.29 is 18.3 Å². The van der Waals surface area contributed by atoms with Crippen molar-refractivity contribution in [2.75, 3.05) is 0 Å². The number of aliphatic hydroxyl groups is 1. The summed E-state index contributed by atoms with van der Waals surface area (Å²) in [5, 5.41) is 9.15. The Morgan fingerprint density at radius 3 is 1.73 bits per heavy atom. The zero-order chi connectivity index (χ0) is 9.28. The largest absolute Gasteiger partial charge is 0.390 e. The molecule has 4 heteroatoms. The summed E-state index contributed by atoms with van der Waals surface area (Å²) < 4.78 is 35.2. The summed E-state index contributed by atoms with van der Waals surface area (Å²) in [6, 6.07) is 0. The molecule has 0 spiro atoms. The van der Waals surface area contributed by atoms with E-state index in [0.29, 0.717) is 0 Å². The Labute approximate surface area is 64.2 Å². The third-order valence-electron chi connectivity index (χ3n) is 1.74. The van der Waals surface area contributed by atoms with E-state index in [9.17, 15) is 13.2 Å². The van der Waals surface area contributed by atoms with Gasteiger partial charge in [0.2, 0.25) is 0 Å². The smallest absolute Gasteiger partial charge is 0.389 e. The fourth-order valence-corrected chi connectivity index (χ4v) is 0.597. The lowest BCUT2D eigenvalue weighted by Gasteiger charge is -2.26. The molecule has 1 atom stereocenters. The molecule has 0 aromatic carbocycles. The van der Waals surface area contributed by atoms with Crippen LogP contribution in [0.3, 0.4) is 0 Å². The third-order valence-corrected chi connectivity index (χ3v) is 1.74. The first-order valence-corrected chi connectivity index (χ1v) is 3.42. The molecule has 0 saturated carbocycles. The predicted octanol–water partition coefficient (Wildman–Crippen LogP) is 2.35. The lowest BCUT2D eigenvalue weighted by molar-refractivity contribution is -0.158. The van der Waals surface area contributed by atoms with E-state index in [-0.39, 0.29) is 0 Å². The van der Waals surface area contributed by atoms with Gasteiger partial charge in [-0.25, -0.2) is 0 Å². The normalized spacial score (nSPS) is 16.6. The summed E-state index contributed by atoms with van der Waals surface area (Å²) in [4.78, 5) is 0. The maximum atomic E-state index is 11.7. The minimum Gasteiger partial charge on any atom is -0.390 e. The molecule has 0 aromatic heterocycles. The first kappa shape index (κ1) is 10.8. The van der Waals surface area contributed by atoms with Crippen molar-refractivity contribution in [3.05, 3.63) is 0 Å². The van der Waals surface area contributed by atoms with Crippen LogP contribution in [-0.2, 0) is 0 Å². The SMILES string of the molecule is CC(CC(F)(F)F)C(C)(C)O. The molecule has 0 aliphatic heterocycles. The first-order valence-electron chi connectivity index (χ1n) is 3.42. The van der Waals surface area contributed by atoms with E-state index in [2.05, 4.69) is 0 Å². The van der Waals surface area contributed by atoms with E-state index < -0.39 is 24.1 Å². The highest BCUT2D eigenvalue weighted by molar-refractivity contribution is 4.75. The van der Waals surface area contributed by atoms with Gasteiger partial charge >= 0.3 is 6.18 Å². The van der Waals surface area contributed by atoms with Gasteiger partial charge in [-0.2, -0.15) is 13.2 Å². The molecule has 0 amide bonds. The van der Waals surface area contributed by atoms with Crippen LogP contribution in [0.15, 0.2) is 0 Å².